The normalized spacial score (nSPS) is 24.7. The fraction of sp³-hybridized carbons (Fsp3) is 0.750. The number of aliphatic carboxylic acids is 1. The number of piperidine rings is 1. The minimum Gasteiger partial charge on any atom is -0.481 e. The zero-order valence-corrected chi connectivity index (χ0v) is 9.48. The van der Waals surface area contributed by atoms with Crippen LogP contribution in [0, 0.1) is 0 Å². The van der Waals surface area contributed by atoms with E-state index in [1.165, 1.54) is 12.8 Å². The molecule has 0 aliphatic carbocycles. The molecule has 1 saturated heterocycles. The smallest absolute Gasteiger partial charge is 0.303 e. The van der Waals surface area contributed by atoms with E-state index in [2.05, 4.69) is 18.4 Å². The van der Waals surface area contributed by atoms with Gasteiger partial charge in [-0.05, 0) is 32.7 Å². The molecule has 1 rings (SSSR count). The molecule has 86 valence electrons. The van der Waals surface area contributed by atoms with E-state index in [0.29, 0.717) is 12.1 Å². The van der Waals surface area contributed by atoms with Gasteiger partial charge in [0.15, 0.2) is 0 Å². The predicted molar refractivity (Wildman–Crippen MR) is 60.9 cm³/mol. The number of carboxylic acid groups (broad SMARTS) is 1. The van der Waals surface area contributed by atoms with Crippen molar-refractivity contribution < 1.29 is 9.90 Å². The first kappa shape index (κ1) is 12.2. The molecule has 2 atom stereocenters. The van der Waals surface area contributed by atoms with Gasteiger partial charge < -0.3 is 5.11 Å². The van der Waals surface area contributed by atoms with Crippen molar-refractivity contribution in [1.82, 2.24) is 4.90 Å². The predicted octanol–water partition coefficient (Wildman–Crippen LogP) is 2.28. The van der Waals surface area contributed by atoms with Crippen LogP contribution < -0.4 is 0 Å². The standard InChI is InChI=1S/C12H21NO2/c1-3-10(2)13-9-5-4-6-11(13)7-8-12(14)15/h3,10-11H,1,4-9H2,2H3,(H,14,15). The van der Waals surface area contributed by atoms with E-state index in [4.69, 9.17) is 5.11 Å². The zero-order valence-electron chi connectivity index (χ0n) is 9.48. The molecule has 0 saturated carbocycles. The third-order valence-electron chi connectivity index (χ3n) is 3.23. The van der Waals surface area contributed by atoms with E-state index in [1.807, 2.05) is 6.08 Å². The number of hydrogen-bond donors (Lipinski definition) is 1. The van der Waals surface area contributed by atoms with Crippen molar-refractivity contribution in [2.75, 3.05) is 6.54 Å². The maximum absolute atomic E-state index is 10.5. The van der Waals surface area contributed by atoms with Crippen LogP contribution in [0.3, 0.4) is 0 Å². The van der Waals surface area contributed by atoms with Crippen LogP contribution in [-0.4, -0.2) is 34.6 Å². The Kier molecular flexibility index (Phi) is 4.82. The second-order valence-electron chi connectivity index (χ2n) is 4.30. The first-order valence-corrected chi connectivity index (χ1v) is 5.75. The number of likely N-dealkylation sites (tertiary alicyclic amines) is 1. The Morgan fingerprint density at radius 3 is 3.00 bits per heavy atom. The molecule has 0 amide bonds. The van der Waals surface area contributed by atoms with E-state index >= 15 is 0 Å². The van der Waals surface area contributed by atoms with Gasteiger partial charge in [0.1, 0.15) is 0 Å². The molecule has 0 bridgehead atoms. The number of hydrogen-bond acceptors (Lipinski definition) is 2. The number of nitrogens with zero attached hydrogens (tertiary/aromatic N) is 1. The summed E-state index contributed by atoms with van der Waals surface area (Å²) in [6, 6.07) is 0.798. The van der Waals surface area contributed by atoms with Crippen molar-refractivity contribution in [2.45, 2.75) is 51.1 Å². The highest BCUT2D eigenvalue weighted by Crippen LogP contribution is 2.23. The zero-order chi connectivity index (χ0) is 11.3. The molecule has 1 N–H and O–H groups in total. The molecule has 0 radical (unpaired) electrons. The molecular weight excluding hydrogens is 190 g/mol. The minimum absolute atomic E-state index is 0.283. The van der Waals surface area contributed by atoms with Crippen LogP contribution in [-0.2, 0) is 4.79 Å². The third-order valence-corrected chi connectivity index (χ3v) is 3.23. The first-order chi connectivity index (χ1) is 7.15. The second kappa shape index (κ2) is 5.91. The molecule has 0 aromatic heterocycles. The van der Waals surface area contributed by atoms with Gasteiger partial charge in [-0.1, -0.05) is 12.5 Å². The molecule has 1 heterocycles. The van der Waals surface area contributed by atoms with Gasteiger partial charge in [0.2, 0.25) is 0 Å². The lowest BCUT2D eigenvalue weighted by Crippen LogP contribution is -2.44. The molecular formula is C12H21NO2. The molecule has 1 aliphatic rings. The summed E-state index contributed by atoms with van der Waals surface area (Å²) in [5, 5.41) is 8.69. The van der Waals surface area contributed by atoms with Gasteiger partial charge >= 0.3 is 5.97 Å². The van der Waals surface area contributed by atoms with Crippen LogP contribution in [0.2, 0.25) is 0 Å². The number of rotatable bonds is 5. The molecule has 0 spiro atoms. The minimum atomic E-state index is -0.688. The maximum Gasteiger partial charge on any atom is 0.303 e. The largest absolute Gasteiger partial charge is 0.481 e. The summed E-state index contributed by atoms with van der Waals surface area (Å²) in [6.07, 6.45) is 6.58. The van der Waals surface area contributed by atoms with Crippen molar-refractivity contribution in [1.29, 1.82) is 0 Å². The summed E-state index contributed by atoms with van der Waals surface area (Å²) in [5.41, 5.74) is 0. The van der Waals surface area contributed by atoms with E-state index in [0.717, 1.165) is 19.4 Å². The SMILES string of the molecule is C=CC(C)N1CCCCC1CCC(=O)O. The Morgan fingerprint density at radius 1 is 1.67 bits per heavy atom. The fourth-order valence-corrected chi connectivity index (χ4v) is 2.29. The Morgan fingerprint density at radius 2 is 2.40 bits per heavy atom. The van der Waals surface area contributed by atoms with Gasteiger partial charge in [-0.25, -0.2) is 0 Å². The van der Waals surface area contributed by atoms with Crippen molar-refractivity contribution in [3.8, 4) is 0 Å². The van der Waals surface area contributed by atoms with E-state index in [-0.39, 0.29) is 6.42 Å². The van der Waals surface area contributed by atoms with E-state index < -0.39 is 5.97 Å². The summed E-state index contributed by atoms with van der Waals surface area (Å²) in [4.78, 5) is 12.9. The van der Waals surface area contributed by atoms with Crippen molar-refractivity contribution >= 4 is 5.97 Å². The monoisotopic (exact) mass is 211 g/mol. The van der Waals surface area contributed by atoms with Gasteiger partial charge in [-0.2, -0.15) is 0 Å². The molecule has 0 aromatic carbocycles. The Hall–Kier alpha value is -0.830. The fourth-order valence-electron chi connectivity index (χ4n) is 2.29. The summed E-state index contributed by atoms with van der Waals surface area (Å²) < 4.78 is 0. The van der Waals surface area contributed by atoms with Gasteiger partial charge in [-0.15, -0.1) is 6.58 Å². The van der Waals surface area contributed by atoms with Crippen molar-refractivity contribution in [2.24, 2.45) is 0 Å². The first-order valence-electron chi connectivity index (χ1n) is 5.75. The number of carboxylic acids is 1. The van der Waals surface area contributed by atoms with Crippen molar-refractivity contribution in [3.63, 3.8) is 0 Å². The quantitative estimate of drug-likeness (QED) is 0.709. The van der Waals surface area contributed by atoms with Crippen LogP contribution in [0.5, 0.6) is 0 Å². The highest BCUT2D eigenvalue weighted by Gasteiger charge is 2.25. The molecule has 1 aliphatic heterocycles. The lowest BCUT2D eigenvalue weighted by Gasteiger charge is -2.38. The second-order valence-corrected chi connectivity index (χ2v) is 4.30. The summed E-state index contributed by atoms with van der Waals surface area (Å²) in [5.74, 6) is -0.688. The highest BCUT2D eigenvalue weighted by atomic mass is 16.4. The third kappa shape index (κ3) is 3.67. The van der Waals surface area contributed by atoms with E-state index in [1.54, 1.807) is 0 Å². The van der Waals surface area contributed by atoms with Crippen LogP contribution in [0.4, 0.5) is 0 Å². The topological polar surface area (TPSA) is 40.5 Å². The van der Waals surface area contributed by atoms with Gasteiger partial charge in [-0.3, -0.25) is 9.69 Å². The van der Waals surface area contributed by atoms with Crippen LogP contribution in [0.15, 0.2) is 12.7 Å². The summed E-state index contributed by atoms with van der Waals surface area (Å²) in [6.45, 7) is 7.02. The maximum atomic E-state index is 10.5. The highest BCUT2D eigenvalue weighted by molar-refractivity contribution is 5.66. The Balaban J connectivity index is 2.49. The molecule has 1 fully saturated rings. The van der Waals surface area contributed by atoms with Crippen LogP contribution in [0.1, 0.15) is 39.0 Å². The van der Waals surface area contributed by atoms with Gasteiger partial charge in [0, 0.05) is 18.5 Å². The summed E-state index contributed by atoms with van der Waals surface area (Å²) in [7, 11) is 0. The van der Waals surface area contributed by atoms with Crippen molar-refractivity contribution in [3.05, 3.63) is 12.7 Å². The van der Waals surface area contributed by atoms with Crippen LogP contribution in [0.25, 0.3) is 0 Å². The van der Waals surface area contributed by atoms with Gasteiger partial charge in [0.05, 0.1) is 0 Å². The van der Waals surface area contributed by atoms with Crippen LogP contribution >= 0.6 is 0 Å². The lowest BCUT2D eigenvalue weighted by atomic mass is 9.96. The Bertz CT molecular complexity index is 228. The molecule has 3 nitrogen and oxygen atoms in total. The molecule has 15 heavy (non-hydrogen) atoms. The molecule has 2 unspecified atom stereocenters. The average molecular weight is 211 g/mol. The van der Waals surface area contributed by atoms with Gasteiger partial charge in [0.25, 0.3) is 0 Å². The molecule has 3 heteroatoms. The molecule has 0 aromatic rings. The average Bonchev–Trinajstić information content (AvgIpc) is 2.25. The number of carbonyl (C=O) groups is 1. The lowest BCUT2D eigenvalue weighted by molar-refractivity contribution is -0.137. The summed E-state index contributed by atoms with van der Waals surface area (Å²) >= 11 is 0. The Labute approximate surface area is 91.8 Å². The van der Waals surface area contributed by atoms with E-state index in [9.17, 15) is 4.79 Å².